The lowest BCUT2D eigenvalue weighted by molar-refractivity contribution is 0.0848. The van der Waals surface area contributed by atoms with Crippen LogP contribution in [-0.2, 0) is 4.74 Å². The first kappa shape index (κ1) is 17.6. The fourth-order valence-corrected chi connectivity index (χ4v) is 2.57. The molecule has 0 spiro atoms. The Kier molecular flexibility index (Phi) is 4.96. The van der Waals surface area contributed by atoms with Gasteiger partial charge in [-0.2, -0.15) is 4.68 Å². The van der Waals surface area contributed by atoms with Crippen molar-refractivity contribution in [2.45, 2.75) is 6.92 Å². The number of halogens is 1. The lowest BCUT2D eigenvalue weighted by atomic mass is 10.3. The van der Waals surface area contributed by atoms with E-state index < -0.39 is 23.6 Å². The van der Waals surface area contributed by atoms with Crippen LogP contribution in [0.5, 0.6) is 0 Å². The molecule has 138 valence electrons. The minimum Gasteiger partial charge on any atom is -0.450 e. The van der Waals surface area contributed by atoms with Gasteiger partial charge in [0, 0.05) is 26.2 Å². The highest BCUT2D eigenvalue weighted by atomic mass is 19.1. The highest BCUT2D eigenvalue weighted by Gasteiger charge is 2.28. The van der Waals surface area contributed by atoms with Gasteiger partial charge in [-0.25, -0.2) is 18.8 Å². The Balaban J connectivity index is 1.72. The fourth-order valence-electron chi connectivity index (χ4n) is 2.57. The molecular weight excluding hydrogens is 347 g/mol. The second kappa shape index (κ2) is 7.33. The summed E-state index contributed by atoms with van der Waals surface area (Å²) in [5.74, 6) is -0.537. The second-order valence-corrected chi connectivity index (χ2v) is 5.52. The van der Waals surface area contributed by atoms with E-state index >= 15 is 0 Å². The molecule has 0 atom stereocenters. The van der Waals surface area contributed by atoms with Crippen molar-refractivity contribution >= 4 is 12.1 Å². The van der Waals surface area contributed by atoms with Gasteiger partial charge in [0.25, 0.3) is 0 Å². The molecule has 1 aliphatic heterocycles. The maximum atomic E-state index is 13.3. The molecule has 0 N–H and O–H groups in total. The molecular formula is C15H17FN6O4. The predicted molar refractivity (Wildman–Crippen MR) is 86.5 cm³/mol. The number of benzene rings is 1. The van der Waals surface area contributed by atoms with Gasteiger partial charge in [-0.1, -0.05) is 6.07 Å². The Morgan fingerprint density at radius 3 is 2.50 bits per heavy atom. The van der Waals surface area contributed by atoms with Crippen LogP contribution in [0.2, 0.25) is 0 Å². The number of piperazine rings is 1. The summed E-state index contributed by atoms with van der Waals surface area (Å²) in [6, 6.07) is 4.59. The van der Waals surface area contributed by atoms with Crippen molar-refractivity contribution in [3.63, 3.8) is 0 Å². The van der Waals surface area contributed by atoms with Crippen molar-refractivity contribution < 1.29 is 18.7 Å². The first-order valence-electron chi connectivity index (χ1n) is 8.03. The minimum atomic E-state index is -0.798. The van der Waals surface area contributed by atoms with Crippen LogP contribution in [0.15, 0.2) is 29.1 Å². The third-order valence-electron chi connectivity index (χ3n) is 3.89. The van der Waals surface area contributed by atoms with Crippen LogP contribution in [0.3, 0.4) is 0 Å². The van der Waals surface area contributed by atoms with Gasteiger partial charge < -0.3 is 14.5 Å². The first-order valence-corrected chi connectivity index (χ1v) is 8.03. The number of carbonyl (C=O) groups is 2. The topological polar surface area (TPSA) is 103 Å². The molecule has 1 aromatic carbocycles. The van der Waals surface area contributed by atoms with Crippen LogP contribution in [0, 0.1) is 5.82 Å². The average molecular weight is 364 g/mol. The van der Waals surface area contributed by atoms with Gasteiger partial charge in [-0.3, -0.25) is 0 Å². The van der Waals surface area contributed by atoms with Crippen LogP contribution in [0.4, 0.5) is 14.0 Å². The Morgan fingerprint density at radius 1 is 1.15 bits per heavy atom. The molecule has 2 heterocycles. The van der Waals surface area contributed by atoms with E-state index in [-0.39, 0.29) is 38.5 Å². The third-order valence-corrected chi connectivity index (χ3v) is 3.89. The molecule has 1 aromatic heterocycles. The van der Waals surface area contributed by atoms with Gasteiger partial charge in [-0.05, 0) is 35.5 Å². The zero-order chi connectivity index (χ0) is 18.7. The molecule has 2 amide bonds. The summed E-state index contributed by atoms with van der Waals surface area (Å²) in [5, 5.41) is 7.21. The Labute approximate surface area is 147 Å². The van der Waals surface area contributed by atoms with Crippen LogP contribution in [0.1, 0.15) is 6.92 Å². The summed E-state index contributed by atoms with van der Waals surface area (Å²) in [5.41, 5.74) is -0.630. The highest BCUT2D eigenvalue weighted by Crippen LogP contribution is 2.07. The van der Waals surface area contributed by atoms with Gasteiger partial charge in [0.2, 0.25) is 0 Å². The summed E-state index contributed by atoms with van der Waals surface area (Å²) >= 11 is 0. The molecule has 2 aromatic rings. The molecule has 0 unspecified atom stereocenters. The number of nitrogens with zero attached hydrogens (tertiary/aromatic N) is 6. The number of hydrogen-bond donors (Lipinski definition) is 0. The number of hydrogen-bond acceptors (Lipinski definition) is 6. The van der Waals surface area contributed by atoms with Crippen molar-refractivity contribution in [2.75, 3.05) is 32.8 Å². The molecule has 26 heavy (non-hydrogen) atoms. The van der Waals surface area contributed by atoms with Crippen LogP contribution < -0.4 is 5.69 Å². The molecule has 3 rings (SSSR count). The number of rotatable bonds is 2. The van der Waals surface area contributed by atoms with Crippen LogP contribution >= 0.6 is 0 Å². The van der Waals surface area contributed by atoms with Crippen molar-refractivity contribution in [1.29, 1.82) is 0 Å². The van der Waals surface area contributed by atoms with E-state index in [1.54, 1.807) is 6.92 Å². The number of tetrazole rings is 1. The SMILES string of the molecule is CCOC(=O)N1CCN(C(=O)n2nnn(-c3cccc(F)c3)c2=O)CC1. The quantitative estimate of drug-likeness (QED) is 0.711. The average Bonchev–Trinajstić information content (AvgIpc) is 3.03. The molecule has 1 fully saturated rings. The first-order chi connectivity index (χ1) is 12.5. The fraction of sp³-hybridized carbons (Fsp3) is 0.400. The smallest absolute Gasteiger partial charge is 0.409 e. The van der Waals surface area contributed by atoms with Crippen molar-refractivity contribution in [1.82, 2.24) is 29.6 Å². The Bertz CT molecular complexity index is 871. The van der Waals surface area contributed by atoms with E-state index in [4.69, 9.17) is 4.74 Å². The third kappa shape index (κ3) is 3.41. The maximum Gasteiger partial charge on any atom is 0.409 e. The summed E-state index contributed by atoms with van der Waals surface area (Å²) in [6.07, 6.45) is -0.436. The molecule has 1 aliphatic rings. The van der Waals surface area contributed by atoms with Gasteiger partial charge in [0.05, 0.1) is 12.3 Å². The van der Waals surface area contributed by atoms with Crippen molar-refractivity contribution in [3.8, 4) is 5.69 Å². The number of amides is 2. The van der Waals surface area contributed by atoms with E-state index in [1.165, 1.54) is 28.0 Å². The molecule has 0 saturated carbocycles. The van der Waals surface area contributed by atoms with Gasteiger partial charge in [-0.15, -0.1) is 4.68 Å². The van der Waals surface area contributed by atoms with E-state index in [0.29, 0.717) is 4.68 Å². The summed E-state index contributed by atoms with van der Waals surface area (Å²) in [4.78, 5) is 39.4. The Hall–Kier alpha value is -3.24. The lowest BCUT2D eigenvalue weighted by Gasteiger charge is -2.33. The molecule has 0 bridgehead atoms. The number of aromatic nitrogens is 4. The zero-order valence-electron chi connectivity index (χ0n) is 14.0. The zero-order valence-corrected chi connectivity index (χ0v) is 14.0. The molecule has 10 nitrogen and oxygen atoms in total. The minimum absolute atomic E-state index is 0.168. The van der Waals surface area contributed by atoms with E-state index in [0.717, 1.165) is 10.7 Å². The normalized spacial score (nSPS) is 14.4. The van der Waals surface area contributed by atoms with Crippen molar-refractivity contribution in [3.05, 3.63) is 40.6 Å². The van der Waals surface area contributed by atoms with E-state index in [2.05, 4.69) is 10.4 Å². The maximum absolute atomic E-state index is 13.3. The van der Waals surface area contributed by atoms with Gasteiger partial charge in [0.15, 0.2) is 0 Å². The van der Waals surface area contributed by atoms with E-state index in [1.807, 2.05) is 0 Å². The predicted octanol–water partition coefficient (Wildman–Crippen LogP) is 0.310. The van der Waals surface area contributed by atoms with E-state index in [9.17, 15) is 18.8 Å². The van der Waals surface area contributed by atoms with Crippen LogP contribution in [0.25, 0.3) is 5.69 Å². The standard InChI is InChI=1S/C15H17FN6O4/c1-2-26-15(25)20-8-6-19(7-9-20)13(23)22-14(24)21(17-18-22)12-5-3-4-11(16)10-12/h3-5,10H,2,6-9H2,1H3. The molecule has 1 saturated heterocycles. The summed E-state index contributed by atoms with van der Waals surface area (Å²) < 4.78 is 19.7. The monoisotopic (exact) mass is 364 g/mol. The molecule has 0 aliphatic carbocycles. The lowest BCUT2D eigenvalue weighted by Crippen LogP contribution is -2.53. The highest BCUT2D eigenvalue weighted by molar-refractivity contribution is 5.76. The van der Waals surface area contributed by atoms with Gasteiger partial charge in [0.1, 0.15) is 5.82 Å². The van der Waals surface area contributed by atoms with Crippen molar-refractivity contribution in [2.24, 2.45) is 0 Å². The molecule has 11 heteroatoms. The molecule has 0 radical (unpaired) electrons. The summed E-state index contributed by atoms with van der Waals surface area (Å²) in [7, 11) is 0. The second-order valence-electron chi connectivity index (χ2n) is 5.52. The number of ether oxygens (including phenoxy) is 1. The van der Waals surface area contributed by atoms with Gasteiger partial charge >= 0.3 is 17.8 Å². The largest absolute Gasteiger partial charge is 0.450 e. The summed E-state index contributed by atoms with van der Waals surface area (Å²) in [6.45, 7) is 3.03. The number of carbonyl (C=O) groups excluding carboxylic acids is 2. The Morgan fingerprint density at radius 2 is 1.85 bits per heavy atom. The van der Waals surface area contributed by atoms with Crippen LogP contribution in [-0.4, -0.2) is 74.5 Å².